The van der Waals surface area contributed by atoms with Gasteiger partial charge in [-0.15, -0.1) is 0 Å². The first-order chi connectivity index (χ1) is 8.65. The minimum absolute atomic E-state index is 0.424. The van der Waals surface area contributed by atoms with Crippen LogP contribution in [0.25, 0.3) is 0 Å². The van der Waals surface area contributed by atoms with Crippen LogP contribution in [0.3, 0.4) is 0 Å². The van der Waals surface area contributed by atoms with Crippen molar-refractivity contribution in [2.24, 2.45) is 5.73 Å². The highest BCUT2D eigenvalue weighted by atomic mass is 15.3. The van der Waals surface area contributed by atoms with Gasteiger partial charge in [-0.1, -0.05) is 6.92 Å². The Balaban J connectivity index is 2.34. The van der Waals surface area contributed by atoms with Gasteiger partial charge in [-0.05, 0) is 39.5 Å². The van der Waals surface area contributed by atoms with E-state index >= 15 is 0 Å². The maximum absolute atomic E-state index is 5.92. The molecule has 1 aliphatic heterocycles. The second kappa shape index (κ2) is 5.65. The molecule has 4 heteroatoms. The van der Waals surface area contributed by atoms with Gasteiger partial charge in [0.2, 0.25) is 0 Å². The van der Waals surface area contributed by atoms with Crippen LogP contribution < -0.4 is 10.6 Å². The molecule has 0 bridgehead atoms. The van der Waals surface area contributed by atoms with E-state index in [1.165, 1.54) is 19.3 Å². The van der Waals surface area contributed by atoms with Crippen molar-refractivity contribution >= 4 is 5.82 Å². The van der Waals surface area contributed by atoms with Crippen molar-refractivity contribution in [3.05, 3.63) is 17.6 Å². The standard InChI is InChI=1S/C14H24N4/c1-4-12-8-14(17-11(3)16-12)18-10(2)6-5-7-13(18)9-15/h8,10,13H,4-7,9,15H2,1-3H3. The molecule has 0 spiro atoms. The Bertz CT molecular complexity index is 405. The summed E-state index contributed by atoms with van der Waals surface area (Å²) >= 11 is 0. The lowest BCUT2D eigenvalue weighted by Crippen LogP contribution is -2.49. The first kappa shape index (κ1) is 13.3. The fourth-order valence-electron chi connectivity index (χ4n) is 2.86. The van der Waals surface area contributed by atoms with E-state index in [-0.39, 0.29) is 0 Å². The zero-order chi connectivity index (χ0) is 13.1. The van der Waals surface area contributed by atoms with Gasteiger partial charge in [-0.25, -0.2) is 9.97 Å². The van der Waals surface area contributed by atoms with Crippen molar-refractivity contribution in [2.45, 2.75) is 58.5 Å². The van der Waals surface area contributed by atoms with Crippen LogP contribution in [-0.2, 0) is 6.42 Å². The molecule has 1 aromatic heterocycles. The number of nitrogens with two attached hydrogens (primary N) is 1. The van der Waals surface area contributed by atoms with Crippen molar-refractivity contribution in [1.82, 2.24) is 9.97 Å². The van der Waals surface area contributed by atoms with Gasteiger partial charge < -0.3 is 10.6 Å². The topological polar surface area (TPSA) is 55.0 Å². The summed E-state index contributed by atoms with van der Waals surface area (Å²) in [7, 11) is 0. The van der Waals surface area contributed by atoms with E-state index in [1.54, 1.807) is 0 Å². The molecule has 0 radical (unpaired) electrons. The van der Waals surface area contributed by atoms with E-state index in [2.05, 4.69) is 34.8 Å². The van der Waals surface area contributed by atoms with Crippen molar-refractivity contribution in [2.75, 3.05) is 11.4 Å². The number of anilines is 1. The summed E-state index contributed by atoms with van der Waals surface area (Å²) in [5.41, 5.74) is 7.03. The maximum Gasteiger partial charge on any atom is 0.133 e. The van der Waals surface area contributed by atoms with E-state index in [4.69, 9.17) is 5.73 Å². The van der Waals surface area contributed by atoms with E-state index in [0.29, 0.717) is 18.6 Å². The van der Waals surface area contributed by atoms with Crippen LogP contribution in [0, 0.1) is 6.92 Å². The normalized spacial score (nSPS) is 24.3. The predicted octanol–water partition coefficient (Wildman–Crippen LogP) is 2.05. The third-order valence-corrected chi connectivity index (χ3v) is 3.80. The molecule has 100 valence electrons. The van der Waals surface area contributed by atoms with E-state index in [0.717, 1.165) is 23.8 Å². The number of aryl methyl sites for hydroxylation is 2. The maximum atomic E-state index is 5.92. The molecule has 1 aliphatic rings. The van der Waals surface area contributed by atoms with Crippen molar-refractivity contribution in [1.29, 1.82) is 0 Å². The third kappa shape index (κ3) is 2.64. The van der Waals surface area contributed by atoms with Crippen LogP contribution in [0.2, 0.25) is 0 Å². The minimum Gasteiger partial charge on any atom is -0.350 e. The van der Waals surface area contributed by atoms with Gasteiger partial charge >= 0.3 is 0 Å². The van der Waals surface area contributed by atoms with E-state index in [9.17, 15) is 0 Å². The number of aromatic nitrogens is 2. The quantitative estimate of drug-likeness (QED) is 0.889. The molecule has 2 heterocycles. The Morgan fingerprint density at radius 3 is 2.83 bits per heavy atom. The second-order valence-electron chi connectivity index (χ2n) is 5.19. The molecular weight excluding hydrogens is 224 g/mol. The summed E-state index contributed by atoms with van der Waals surface area (Å²) in [6.45, 7) is 7.07. The molecule has 4 nitrogen and oxygen atoms in total. The lowest BCUT2D eigenvalue weighted by Gasteiger charge is -2.41. The summed E-state index contributed by atoms with van der Waals surface area (Å²) in [6.07, 6.45) is 4.61. The van der Waals surface area contributed by atoms with Crippen LogP contribution in [0.15, 0.2) is 6.07 Å². The molecule has 1 aromatic rings. The van der Waals surface area contributed by atoms with Gasteiger partial charge in [0, 0.05) is 30.4 Å². The van der Waals surface area contributed by atoms with Crippen molar-refractivity contribution in [3.8, 4) is 0 Å². The zero-order valence-electron chi connectivity index (χ0n) is 11.7. The number of piperidine rings is 1. The molecule has 0 amide bonds. The van der Waals surface area contributed by atoms with Crippen LogP contribution >= 0.6 is 0 Å². The van der Waals surface area contributed by atoms with Crippen molar-refractivity contribution in [3.63, 3.8) is 0 Å². The molecule has 2 unspecified atom stereocenters. The van der Waals surface area contributed by atoms with Gasteiger partial charge in [-0.2, -0.15) is 0 Å². The Kier molecular flexibility index (Phi) is 4.17. The molecule has 2 rings (SSSR count). The highest BCUT2D eigenvalue weighted by Crippen LogP contribution is 2.27. The minimum atomic E-state index is 0.424. The van der Waals surface area contributed by atoms with Crippen molar-refractivity contribution < 1.29 is 0 Å². The van der Waals surface area contributed by atoms with Crippen LogP contribution in [0.1, 0.15) is 44.6 Å². The Morgan fingerprint density at radius 2 is 2.17 bits per heavy atom. The van der Waals surface area contributed by atoms with E-state index < -0.39 is 0 Å². The first-order valence-corrected chi connectivity index (χ1v) is 6.98. The fraction of sp³-hybridized carbons (Fsp3) is 0.714. The number of rotatable bonds is 3. The average molecular weight is 248 g/mol. The summed E-state index contributed by atoms with van der Waals surface area (Å²) in [6, 6.07) is 3.07. The monoisotopic (exact) mass is 248 g/mol. The molecule has 18 heavy (non-hydrogen) atoms. The van der Waals surface area contributed by atoms with Gasteiger partial charge in [0.1, 0.15) is 11.6 Å². The van der Waals surface area contributed by atoms with Gasteiger partial charge in [0.05, 0.1) is 0 Å². The molecule has 1 saturated heterocycles. The predicted molar refractivity (Wildman–Crippen MR) is 74.8 cm³/mol. The molecule has 0 aliphatic carbocycles. The van der Waals surface area contributed by atoms with Crippen LogP contribution in [0.5, 0.6) is 0 Å². The molecule has 0 aromatic carbocycles. The third-order valence-electron chi connectivity index (χ3n) is 3.80. The largest absolute Gasteiger partial charge is 0.350 e. The summed E-state index contributed by atoms with van der Waals surface area (Å²) in [5, 5.41) is 0. The zero-order valence-corrected chi connectivity index (χ0v) is 11.7. The lowest BCUT2D eigenvalue weighted by atomic mass is 9.96. The second-order valence-corrected chi connectivity index (χ2v) is 5.19. The summed E-state index contributed by atoms with van der Waals surface area (Å²) in [4.78, 5) is 11.5. The molecule has 0 saturated carbocycles. The fourth-order valence-corrected chi connectivity index (χ4v) is 2.86. The van der Waals surface area contributed by atoms with Gasteiger partial charge in [-0.3, -0.25) is 0 Å². The smallest absolute Gasteiger partial charge is 0.133 e. The molecular formula is C14H24N4. The SMILES string of the molecule is CCc1cc(N2C(C)CCCC2CN)nc(C)n1. The molecule has 1 fully saturated rings. The highest BCUT2D eigenvalue weighted by Gasteiger charge is 2.28. The van der Waals surface area contributed by atoms with Crippen LogP contribution in [0.4, 0.5) is 5.82 Å². The Hall–Kier alpha value is -1.16. The first-order valence-electron chi connectivity index (χ1n) is 6.98. The number of nitrogens with zero attached hydrogens (tertiary/aromatic N) is 3. The molecule has 2 atom stereocenters. The summed E-state index contributed by atoms with van der Waals surface area (Å²) in [5.74, 6) is 1.92. The Morgan fingerprint density at radius 1 is 1.39 bits per heavy atom. The summed E-state index contributed by atoms with van der Waals surface area (Å²) < 4.78 is 0. The van der Waals surface area contributed by atoms with Gasteiger partial charge in [0.25, 0.3) is 0 Å². The van der Waals surface area contributed by atoms with Crippen LogP contribution in [-0.4, -0.2) is 28.6 Å². The lowest BCUT2D eigenvalue weighted by molar-refractivity contribution is 0.397. The van der Waals surface area contributed by atoms with Gasteiger partial charge in [0.15, 0.2) is 0 Å². The number of hydrogen-bond acceptors (Lipinski definition) is 4. The molecule has 2 N–H and O–H groups in total. The Labute approximate surface area is 110 Å². The van der Waals surface area contributed by atoms with E-state index in [1.807, 2.05) is 6.92 Å². The number of hydrogen-bond donors (Lipinski definition) is 1. The highest BCUT2D eigenvalue weighted by molar-refractivity contribution is 5.43. The average Bonchev–Trinajstić information content (AvgIpc) is 2.37.